The summed E-state index contributed by atoms with van der Waals surface area (Å²) in [7, 11) is 2.87. The van der Waals surface area contributed by atoms with E-state index in [4.69, 9.17) is 9.47 Å². The molecule has 4 nitrogen and oxygen atoms in total. The Bertz CT molecular complexity index is 661. The van der Waals surface area contributed by atoms with E-state index in [0.717, 1.165) is 5.56 Å². The van der Waals surface area contributed by atoms with Gasteiger partial charge in [0.1, 0.15) is 5.75 Å². The van der Waals surface area contributed by atoms with Crippen molar-refractivity contribution in [3.63, 3.8) is 0 Å². The van der Waals surface area contributed by atoms with Gasteiger partial charge in [-0.05, 0) is 23.8 Å². The summed E-state index contributed by atoms with van der Waals surface area (Å²) in [6.07, 6.45) is 0.200. The fourth-order valence-electron chi connectivity index (χ4n) is 2.08. The highest BCUT2D eigenvalue weighted by molar-refractivity contribution is 6.07. The standard InChI is InChI=1S/C17H16O4/c1-20-13-7-5-6-12(10-13)11-16(18)14-8-3-4-9-15(14)17(19)21-2/h3-10H,11H2,1-2H3. The Balaban J connectivity index is 2.26. The quantitative estimate of drug-likeness (QED) is 0.626. The molecule has 4 heteroatoms. The number of carbonyl (C=O) groups excluding carboxylic acids is 2. The van der Waals surface area contributed by atoms with Crippen molar-refractivity contribution in [3.8, 4) is 5.75 Å². The predicted octanol–water partition coefficient (Wildman–Crippen LogP) is 2.91. The number of hydrogen-bond acceptors (Lipinski definition) is 4. The van der Waals surface area contributed by atoms with Crippen LogP contribution in [-0.2, 0) is 11.2 Å². The van der Waals surface area contributed by atoms with Crippen LogP contribution in [0, 0.1) is 0 Å². The molecule has 0 heterocycles. The molecule has 0 aromatic heterocycles. The molecule has 0 radical (unpaired) electrons. The number of ketones is 1. The van der Waals surface area contributed by atoms with Gasteiger partial charge in [-0.2, -0.15) is 0 Å². The van der Waals surface area contributed by atoms with Crippen molar-refractivity contribution in [2.45, 2.75) is 6.42 Å². The molecule has 2 aromatic carbocycles. The predicted molar refractivity (Wildman–Crippen MR) is 78.8 cm³/mol. The maximum absolute atomic E-state index is 12.4. The maximum Gasteiger partial charge on any atom is 0.338 e. The molecular weight excluding hydrogens is 268 g/mol. The molecule has 0 N–H and O–H groups in total. The normalized spacial score (nSPS) is 10.0. The topological polar surface area (TPSA) is 52.6 Å². The Labute approximate surface area is 123 Å². The second-order valence-corrected chi connectivity index (χ2v) is 4.49. The summed E-state index contributed by atoms with van der Waals surface area (Å²) < 4.78 is 9.84. The molecule has 0 aliphatic heterocycles. The van der Waals surface area contributed by atoms with Crippen LogP contribution in [0.4, 0.5) is 0 Å². The lowest BCUT2D eigenvalue weighted by Gasteiger charge is -2.08. The van der Waals surface area contributed by atoms with E-state index in [1.807, 2.05) is 18.2 Å². The SMILES string of the molecule is COC(=O)c1ccccc1C(=O)Cc1cccc(OC)c1. The fraction of sp³-hybridized carbons (Fsp3) is 0.176. The van der Waals surface area contributed by atoms with Gasteiger partial charge < -0.3 is 9.47 Å². The maximum atomic E-state index is 12.4. The first kappa shape index (κ1) is 14.8. The average molecular weight is 284 g/mol. The van der Waals surface area contributed by atoms with Crippen LogP contribution < -0.4 is 4.74 Å². The van der Waals surface area contributed by atoms with E-state index in [9.17, 15) is 9.59 Å². The van der Waals surface area contributed by atoms with E-state index in [1.54, 1.807) is 37.4 Å². The Morgan fingerprint density at radius 3 is 2.33 bits per heavy atom. The first-order chi connectivity index (χ1) is 10.2. The number of esters is 1. The minimum Gasteiger partial charge on any atom is -0.497 e. The van der Waals surface area contributed by atoms with E-state index >= 15 is 0 Å². The number of rotatable bonds is 5. The molecule has 0 saturated carbocycles. The summed E-state index contributed by atoms with van der Waals surface area (Å²) in [6, 6.07) is 13.9. The number of ether oxygens (including phenoxy) is 2. The summed E-state index contributed by atoms with van der Waals surface area (Å²) in [5, 5.41) is 0. The zero-order valence-corrected chi connectivity index (χ0v) is 12.0. The Kier molecular flexibility index (Phi) is 4.72. The third-order valence-electron chi connectivity index (χ3n) is 3.13. The van der Waals surface area contributed by atoms with E-state index in [0.29, 0.717) is 11.3 Å². The molecule has 0 amide bonds. The lowest BCUT2D eigenvalue weighted by atomic mass is 9.98. The molecule has 0 bridgehead atoms. The van der Waals surface area contributed by atoms with Gasteiger partial charge in [0.05, 0.1) is 19.8 Å². The van der Waals surface area contributed by atoms with Crippen LogP contribution in [0.5, 0.6) is 5.75 Å². The van der Waals surface area contributed by atoms with E-state index in [2.05, 4.69) is 0 Å². The van der Waals surface area contributed by atoms with Crippen molar-refractivity contribution >= 4 is 11.8 Å². The molecule has 2 aromatic rings. The number of methoxy groups -OCH3 is 2. The van der Waals surface area contributed by atoms with Crippen LogP contribution in [0.1, 0.15) is 26.3 Å². The van der Waals surface area contributed by atoms with E-state index < -0.39 is 5.97 Å². The zero-order valence-electron chi connectivity index (χ0n) is 12.0. The largest absolute Gasteiger partial charge is 0.497 e. The summed E-state index contributed by atoms with van der Waals surface area (Å²) in [5.41, 5.74) is 1.49. The van der Waals surface area contributed by atoms with Gasteiger partial charge in [0.15, 0.2) is 5.78 Å². The van der Waals surface area contributed by atoms with Crippen molar-refractivity contribution in [3.05, 3.63) is 65.2 Å². The van der Waals surface area contributed by atoms with Gasteiger partial charge >= 0.3 is 5.97 Å². The molecule has 21 heavy (non-hydrogen) atoms. The number of Topliss-reactive ketones (excluding diaryl/α,β-unsaturated/α-hetero) is 1. The van der Waals surface area contributed by atoms with Crippen LogP contribution in [0.15, 0.2) is 48.5 Å². The van der Waals surface area contributed by atoms with Gasteiger partial charge in [0.2, 0.25) is 0 Å². The first-order valence-corrected chi connectivity index (χ1v) is 6.49. The van der Waals surface area contributed by atoms with Crippen LogP contribution in [0.2, 0.25) is 0 Å². The molecule has 0 spiro atoms. The van der Waals surface area contributed by atoms with E-state index in [-0.39, 0.29) is 17.8 Å². The van der Waals surface area contributed by atoms with Gasteiger partial charge in [0.25, 0.3) is 0 Å². The lowest BCUT2D eigenvalue weighted by molar-refractivity contribution is 0.0597. The minimum absolute atomic E-state index is 0.135. The molecule has 0 atom stereocenters. The molecule has 108 valence electrons. The second kappa shape index (κ2) is 6.70. The molecule has 2 rings (SSSR count). The van der Waals surface area contributed by atoms with Crippen LogP contribution in [0.25, 0.3) is 0 Å². The number of benzene rings is 2. The van der Waals surface area contributed by atoms with Gasteiger partial charge in [-0.1, -0.05) is 30.3 Å². The van der Waals surface area contributed by atoms with Crippen molar-refractivity contribution in [1.29, 1.82) is 0 Å². The molecule has 0 fully saturated rings. The number of hydrogen-bond donors (Lipinski definition) is 0. The Hall–Kier alpha value is -2.62. The van der Waals surface area contributed by atoms with Gasteiger partial charge in [-0.25, -0.2) is 4.79 Å². The summed E-state index contributed by atoms with van der Waals surface area (Å²) in [6.45, 7) is 0. The fourth-order valence-corrected chi connectivity index (χ4v) is 2.08. The molecule has 0 saturated heterocycles. The lowest BCUT2D eigenvalue weighted by Crippen LogP contribution is -2.12. The van der Waals surface area contributed by atoms with Gasteiger partial charge in [-0.3, -0.25) is 4.79 Å². The molecular formula is C17H16O4. The molecule has 0 aliphatic carbocycles. The van der Waals surface area contributed by atoms with Crippen molar-refractivity contribution in [2.24, 2.45) is 0 Å². The zero-order chi connectivity index (χ0) is 15.2. The third-order valence-corrected chi connectivity index (χ3v) is 3.13. The highest BCUT2D eigenvalue weighted by Gasteiger charge is 2.17. The molecule has 0 aliphatic rings. The van der Waals surface area contributed by atoms with Gasteiger partial charge in [0, 0.05) is 12.0 Å². The summed E-state index contributed by atoms with van der Waals surface area (Å²) >= 11 is 0. The molecule has 0 unspecified atom stereocenters. The van der Waals surface area contributed by atoms with Crippen LogP contribution in [0.3, 0.4) is 0 Å². The minimum atomic E-state index is -0.510. The van der Waals surface area contributed by atoms with Crippen LogP contribution in [-0.4, -0.2) is 26.0 Å². The third kappa shape index (κ3) is 3.48. The van der Waals surface area contributed by atoms with Gasteiger partial charge in [-0.15, -0.1) is 0 Å². The highest BCUT2D eigenvalue weighted by Crippen LogP contribution is 2.17. The van der Waals surface area contributed by atoms with Crippen molar-refractivity contribution in [1.82, 2.24) is 0 Å². The number of carbonyl (C=O) groups is 2. The Morgan fingerprint density at radius 1 is 0.952 bits per heavy atom. The van der Waals surface area contributed by atoms with E-state index in [1.165, 1.54) is 7.11 Å². The highest BCUT2D eigenvalue weighted by atomic mass is 16.5. The smallest absolute Gasteiger partial charge is 0.338 e. The Morgan fingerprint density at radius 2 is 1.67 bits per heavy atom. The monoisotopic (exact) mass is 284 g/mol. The van der Waals surface area contributed by atoms with Crippen molar-refractivity contribution < 1.29 is 19.1 Å². The summed E-state index contributed by atoms with van der Waals surface area (Å²) in [5.74, 6) is 0.0513. The first-order valence-electron chi connectivity index (χ1n) is 6.49. The van der Waals surface area contributed by atoms with Crippen LogP contribution >= 0.6 is 0 Å². The average Bonchev–Trinajstić information content (AvgIpc) is 2.54. The summed E-state index contributed by atoms with van der Waals surface area (Å²) in [4.78, 5) is 24.1. The second-order valence-electron chi connectivity index (χ2n) is 4.49. The van der Waals surface area contributed by atoms with Crippen molar-refractivity contribution in [2.75, 3.05) is 14.2 Å².